The van der Waals surface area contributed by atoms with E-state index in [4.69, 9.17) is 76.2 Å². The van der Waals surface area contributed by atoms with Crippen LogP contribution in [0.4, 0.5) is 11.6 Å². The summed E-state index contributed by atoms with van der Waals surface area (Å²) in [6, 6.07) is 23.8. The fourth-order valence-electron chi connectivity index (χ4n) is 12.7. The summed E-state index contributed by atoms with van der Waals surface area (Å²) in [7, 11) is 8.70. The van der Waals surface area contributed by atoms with Gasteiger partial charge in [0.05, 0.1) is 70.1 Å². The van der Waals surface area contributed by atoms with Crippen LogP contribution in [0.15, 0.2) is 72.8 Å². The van der Waals surface area contributed by atoms with Crippen LogP contribution in [-0.2, 0) is 35.0 Å². The zero-order chi connectivity index (χ0) is 62.9. The van der Waals surface area contributed by atoms with Gasteiger partial charge in [-0.25, -0.2) is 0 Å². The number of hydrogen-bond donors (Lipinski definition) is 0. The summed E-state index contributed by atoms with van der Waals surface area (Å²) in [5.74, 6) is 5.65. The molecule has 0 aliphatic rings. The maximum Gasteiger partial charge on any atom is 0.319 e. The molecule has 18 nitrogen and oxygen atoms in total. The summed E-state index contributed by atoms with van der Waals surface area (Å²) in [5, 5.41) is 0. The molecule has 0 fully saturated rings. The van der Waals surface area contributed by atoms with Crippen LogP contribution in [0.2, 0.25) is 33.2 Å². The largest absolute Gasteiger partial charge is 0.493 e. The van der Waals surface area contributed by atoms with E-state index >= 15 is 0 Å². The highest BCUT2D eigenvalue weighted by Crippen LogP contribution is 2.45. The van der Waals surface area contributed by atoms with Gasteiger partial charge in [-0.05, 0) is 104 Å². The summed E-state index contributed by atoms with van der Waals surface area (Å²) >= 11 is 0. The highest BCUT2D eigenvalue weighted by molar-refractivity contribution is 6.78. The Hall–Kier alpha value is -6.75. The molecule has 0 bridgehead atoms. The lowest BCUT2D eigenvalue weighted by atomic mass is 10.1. The number of aromatic nitrogens is 4. The average Bonchev–Trinajstić information content (AvgIpc) is 1.66. The summed E-state index contributed by atoms with van der Waals surface area (Å²) < 4.78 is 73.8. The van der Waals surface area contributed by atoms with Gasteiger partial charge in [-0.2, -0.15) is 19.9 Å². The van der Waals surface area contributed by atoms with Crippen molar-refractivity contribution in [3.8, 4) is 58.0 Å². The molecule has 0 spiro atoms. The fraction of sp³-hybridized carbons (Fsp3) is 0.545. The zero-order valence-electron chi connectivity index (χ0n) is 55.0. The van der Waals surface area contributed by atoms with Gasteiger partial charge in [0.25, 0.3) is 0 Å². The number of hydrogen-bond acceptors (Lipinski definition) is 18. The Morgan fingerprint density at radius 3 is 0.791 bits per heavy atom. The molecular formula is C66H98N6O12Si2. The minimum Gasteiger partial charge on any atom is -0.493 e. The summed E-state index contributed by atoms with van der Waals surface area (Å²) in [4.78, 5) is 25.7. The van der Waals surface area contributed by atoms with Gasteiger partial charge in [0.1, 0.15) is 11.0 Å². The van der Waals surface area contributed by atoms with Crippen molar-refractivity contribution in [1.29, 1.82) is 0 Å². The van der Waals surface area contributed by atoms with Gasteiger partial charge in [0.15, 0.2) is 74.3 Å². The van der Waals surface area contributed by atoms with E-state index in [1.54, 1.807) is 56.9 Å². The molecule has 0 aliphatic heterocycles. The minimum atomic E-state index is -2.16. The van der Waals surface area contributed by atoms with E-state index in [9.17, 15) is 0 Å². The first kappa shape index (κ1) is 68.4. The average molecular weight is 1220 g/mol. The monoisotopic (exact) mass is 1220 g/mol. The van der Waals surface area contributed by atoms with Crippen molar-refractivity contribution in [3.05, 3.63) is 95.1 Å². The van der Waals surface area contributed by atoms with Crippen molar-refractivity contribution >= 4 is 39.3 Å². The van der Waals surface area contributed by atoms with Crippen LogP contribution in [0.1, 0.15) is 118 Å². The highest BCUT2D eigenvalue weighted by Gasteiger charge is 2.46. The third-order valence-electron chi connectivity index (χ3n) is 16.5. The second-order valence-corrected chi connectivity index (χ2v) is 34.5. The van der Waals surface area contributed by atoms with Gasteiger partial charge in [0, 0.05) is 52.2 Å². The van der Waals surface area contributed by atoms with Crippen molar-refractivity contribution in [2.75, 3.05) is 93.1 Å². The maximum absolute atomic E-state index is 7.01. The molecule has 20 heteroatoms. The summed E-state index contributed by atoms with van der Waals surface area (Å²) in [6.07, 6.45) is 1.22. The first-order chi connectivity index (χ1) is 41.2. The first-order valence-corrected chi connectivity index (χ1v) is 34.4. The van der Waals surface area contributed by atoms with Crippen LogP contribution in [0, 0.1) is 0 Å². The molecule has 2 aromatic heterocycles. The standard InChI is InChI=1S/C66H98N6O12Si2/c1-43(2)85(44(3)4,45(5)6)83-33-21-31-81-65-67-61-62(63(69-65)71(39-49-23-27-53(73-13)57(35-49)77-17)40-50-24-28-54(74-14)58(36-50)78-18)68-66(82-32-22-34-84-86(46(7)8,47(9)10)48(11)12)70-64(61)72(41-51-25-29-55(75-15)59(37-51)79-19)42-52-26-30-56(76-16)60(38-52)80-20/h23-30,35-38,43-48H,21-22,31-34,39-42H2,1-20H3. The van der Waals surface area contributed by atoms with Crippen molar-refractivity contribution in [1.82, 2.24) is 19.9 Å². The van der Waals surface area contributed by atoms with E-state index in [1.807, 2.05) is 72.8 Å². The van der Waals surface area contributed by atoms with E-state index in [1.165, 1.54) is 0 Å². The number of rotatable bonds is 36. The first-order valence-electron chi connectivity index (χ1n) is 30.1. The molecule has 2 heterocycles. The Kier molecular flexibility index (Phi) is 25.3. The van der Waals surface area contributed by atoms with Crippen LogP contribution in [0.5, 0.6) is 58.0 Å². The molecule has 86 heavy (non-hydrogen) atoms. The number of fused-ring (bicyclic) bond motifs is 1. The second-order valence-electron chi connectivity index (χ2n) is 23.6. The highest BCUT2D eigenvalue weighted by atomic mass is 28.4. The molecule has 0 amide bonds. The molecule has 0 saturated heterocycles. The third kappa shape index (κ3) is 16.1. The Labute approximate surface area is 514 Å². The van der Waals surface area contributed by atoms with Crippen LogP contribution >= 0.6 is 0 Å². The summed E-state index contributed by atoms with van der Waals surface area (Å²) in [5.41, 5.74) is 7.05. The minimum absolute atomic E-state index is 0.137. The van der Waals surface area contributed by atoms with Gasteiger partial charge < -0.3 is 66.0 Å². The number of ether oxygens (including phenoxy) is 10. The van der Waals surface area contributed by atoms with E-state index in [-0.39, 0.29) is 25.2 Å². The Morgan fingerprint density at radius 1 is 0.326 bits per heavy atom. The molecule has 0 unspecified atom stereocenters. The zero-order valence-corrected chi connectivity index (χ0v) is 57.0. The third-order valence-corrected chi connectivity index (χ3v) is 28.7. The number of methoxy groups -OCH3 is 8. The van der Waals surface area contributed by atoms with Gasteiger partial charge in [-0.15, -0.1) is 0 Å². The predicted octanol–water partition coefficient (Wildman–Crippen LogP) is 14.8. The molecule has 4 aromatic carbocycles. The smallest absolute Gasteiger partial charge is 0.319 e. The molecule has 0 aliphatic carbocycles. The molecule has 472 valence electrons. The molecule has 0 atom stereocenters. The van der Waals surface area contributed by atoms with Crippen molar-refractivity contribution in [2.24, 2.45) is 0 Å². The molecule has 6 rings (SSSR count). The van der Waals surface area contributed by atoms with Gasteiger partial charge in [-0.1, -0.05) is 107 Å². The van der Waals surface area contributed by atoms with Crippen LogP contribution < -0.4 is 57.2 Å². The summed E-state index contributed by atoms with van der Waals surface area (Å²) in [6.45, 7) is 30.5. The van der Waals surface area contributed by atoms with E-state index in [2.05, 4.69) is 92.9 Å². The predicted molar refractivity (Wildman–Crippen MR) is 347 cm³/mol. The quantitative estimate of drug-likeness (QED) is 0.0269. The molecule has 6 aromatic rings. The topological polar surface area (TPSA) is 169 Å². The Morgan fingerprint density at radius 2 is 0.570 bits per heavy atom. The normalized spacial score (nSPS) is 12.0. The van der Waals surface area contributed by atoms with Crippen molar-refractivity contribution < 1.29 is 56.2 Å². The molecule has 0 radical (unpaired) electrons. The maximum atomic E-state index is 7.01. The van der Waals surface area contributed by atoms with Crippen LogP contribution in [0.3, 0.4) is 0 Å². The van der Waals surface area contributed by atoms with Crippen molar-refractivity contribution in [2.45, 2.75) is 155 Å². The fourth-order valence-corrected chi connectivity index (χ4v) is 23.7. The lowest BCUT2D eigenvalue weighted by Gasteiger charge is -2.42. The van der Waals surface area contributed by atoms with Gasteiger partial charge in [-0.3, -0.25) is 0 Å². The van der Waals surface area contributed by atoms with Gasteiger partial charge >= 0.3 is 12.0 Å². The van der Waals surface area contributed by atoms with E-state index in [0.717, 1.165) is 22.3 Å². The number of nitrogens with zero attached hydrogens (tertiary/aromatic N) is 6. The Bertz CT molecular complexity index is 2750. The van der Waals surface area contributed by atoms with Crippen LogP contribution in [0.25, 0.3) is 11.0 Å². The van der Waals surface area contributed by atoms with E-state index in [0.29, 0.717) is 154 Å². The van der Waals surface area contributed by atoms with E-state index < -0.39 is 16.6 Å². The SMILES string of the molecule is COc1ccc(CN(Cc2ccc(OC)c(OC)c2)c2nc(OCCCO[Si](C(C)C)(C(C)C)C(C)C)nc3c(N(Cc4ccc(OC)c(OC)c4)Cc4ccc(OC)c(OC)c4)nc(OCCCO[Si](C(C)C)(C(C)C)C(C)C)nc23)cc1OC. The lowest BCUT2D eigenvalue weighted by Crippen LogP contribution is -2.48. The number of anilines is 2. The second kappa shape index (κ2) is 31.8. The molecular weight excluding hydrogens is 1120 g/mol. The van der Waals surface area contributed by atoms with Crippen LogP contribution in [-0.4, -0.2) is 120 Å². The molecule has 0 N–H and O–H groups in total. The number of benzene rings is 4. The Balaban J connectivity index is 1.63. The van der Waals surface area contributed by atoms with Crippen molar-refractivity contribution in [3.63, 3.8) is 0 Å². The lowest BCUT2D eigenvalue weighted by molar-refractivity contribution is 0.219. The van der Waals surface area contributed by atoms with Gasteiger partial charge in [0.2, 0.25) is 0 Å². The molecule has 0 saturated carbocycles.